The van der Waals surface area contributed by atoms with Crippen molar-refractivity contribution in [1.29, 1.82) is 0 Å². The minimum atomic E-state index is 0.0799. The topological polar surface area (TPSA) is 38.8 Å². The number of furan rings is 2. The van der Waals surface area contributed by atoms with Crippen molar-refractivity contribution in [3.63, 3.8) is 0 Å². The van der Waals surface area contributed by atoms with Crippen LogP contribution in [0.4, 0.5) is 17.5 Å². The van der Waals surface area contributed by atoms with Gasteiger partial charge in [-0.3, -0.25) is 0 Å². The largest absolute Gasteiger partial charge is 0.445 e. The highest BCUT2D eigenvalue weighted by molar-refractivity contribution is 5.97. The zero-order chi connectivity index (χ0) is 20.5. The van der Waals surface area contributed by atoms with E-state index < -0.39 is 0 Å². The standard InChI is InChI=1S/C25H25NO3/c1-14-8-7-9-18-21(14)29-24-22(18)28-19-10-11-27-23(19)26(24)20-15(2)12-17(13-16(20)3)25(4,5)6/h7-13H,1-6H3. The number of anilines is 3. The number of hydrogen-bond donors (Lipinski definition) is 0. The summed E-state index contributed by atoms with van der Waals surface area (Å²) < 4.78 is 18.4. The van der Waals surface area contributed by atoms with Crippen LogP contribution >= 0.6 is 0 Å². The van der Waals surface area contributed by atoms with Gasteiger partial charge in [0.25, 0.3) is 11.8 Å². The van der Waals surface area contributed by atoms with Gasteiger partial charge in [0.1, 0.15) is 5.58 Å². The average Bonchev–Trinajstić information content (AvgIpc) is 3.25. The molecule has 3 heterocycles. The first-order chi connectivity index (χ1) is 13.8. The molecule has 5 rings (SSSR count). The van der Waals surface area contributed by atoms with Crippen molar-refractivity contribution in [1.82, 2.24) is 0 Å². The van der Waals surface area contributed by atoms with Crippen molar-refractivity contribution < 1.29 is 13.6 Å². The minimum Gasteiger partial charge on any atom is -0.445 e. The second-order valence-corrected chi connectivity index (χ2v) is 8.92. The summed E-state index contributed by atoms with van der Waals surface area (Å²) in [5.74, 6) is 2.73. The van der Waals surface area contributed by atoms with Crippen LogP contribution in [0.25, 0.3) is 11.0 Å². The number of fused-ring (bicyclic) bond motifs is 4. The zero-order valence-corrected chi connectivity index (χ0v) is 17.7. The lowest BCUT2D eigenvalue weighted by Crippen LogP contribution is -2.18. The summed E-state index contributed by atoms with van der Waals surface area (Å²) in [6, 6.07) is 12.5. The second-order valence-electron chi connectivity index (χ2n) is 8.92. The van der Waals surface area contributed by atoms with E-state index in [9.17, 15) is 0 Å². The fraction of sp³-hybridized carbons (Fsp3) is 0.280. The third-order valence-electron chi connectivity index (χ3n) is 5.66. The van der Waals surface area contributed by atoms with Gasteiger partial charge in [-0.1, -0.05) is 45.0 Å². The van der Waals surface area contributed by atoms with Gasteiger partial charge < -0.3 is 13.6 Å². The van der Waals surface area contributed by atoms with Crippen LogP contribution in [0.15, 0.2) is 51.5 Å². The SMILES string of the molecule is Cc1cc(C(C)(C)C)cc(C)c1N1c2occc2Oc2c1oc1c(C)cccc21. The quantitative estimate of drug-likeness (QED) is 0.294. The molecule has 0 saturated heterocycles. The van der Waals surface area contributed by atoms with E-state index in [-0.39, 0.29) is 5.41 Å². The van der Waals surface area contributed by atoms with Crippen molar-refractivity contribution in [2.45, 2.75) is 47.0 Å². The summed E-state index contributed by atoms with van der Waals surface area (Å²) in [5, 5.41) is 0.971. The maximum atomic E-state index is 6.36. The molecule has 148 valence electrons. The number of nitrogens with zero attached hydrogens (tertiary/aromatic N) is 1. The van der Waals surface area contributed by atoms with E-state index in [1.807, 2.05) is 31.2 Å². The Morgan fingerprint density at radius 1 is 0.862 bits per heavy atom. The smallest absolute Gasteiger partial charge is 0.251 e. The second kappa shape index (κ2) is 5.93. The Hall–Kier alpha value is -3.14. The molecule has 0 bridgehead atoms. The first-order valence-corrected chi connectivity index (χ1v) is 9.95. The number of ether oxygens (including phenoxy) is 1. The molecule has 0 saturated carbocycles. The van der Waals surface area contributed by atoms with Crippen LogP contribution in [-0.2, 0) is 5.41 Å². The van der Waals surface area contributed by atoms with Crippen LogP contribution in [0.2, 0.25) is 0 Å². The average molecular weight is 387 g/mol. The van der Waals surface area contributed by atoms with E-state index in [4.69, 9.17) is 13.6 Å². The Kier molecular flexibility index (Phi) is 3.66. The van der Waals surface area contributed by atoms with E-state index in [1.165, 1.54) is 16.7 Å². The fourth-order valence-electron chi connectivity index (χ4n) is 4.15. The lowest BCUT2D eigenvalue weighted by Gasteiger charge is -2.30. The normalized spacial score (nSPS) is 13.4. The van der Waals surface area contributed by atoms with Crippen LogP contribution in [0.5, 0.6) is 11.5 Å². The van der Waals surface area contributed by atoms with Gasteiger partial charge in [0.2, 0.25) is 0 Å². The summed E-state index contributed by atoms with van der Waals surface area (Å²) in [5.41, 5.74) is 6.71. The molecule has 4 aromatic rings. The van der Waals surface area contributed by atoms with Crippen LogP contribution in [0, 0.1) is 20.8 Å². The fourth-order valence-corrected chi connectivity index (χ4v) is 4.15. The highest BCUT2D eigenvalue weighted by Crippen LogP contribution is 2.56. The lowest BCUT2D eigenvalue weighted by atomic mass is 9.84. The Labute approximate surface area is 170 Å². The first-order valence-electron chi connectivity index (χ1n) is 9.95. The summed E-state index contributed by atoms with van der Waals surface area (Å²) in [4.78, 5) is 2.06. The molecule has 0 radical (unpaired) electrons. The van der Waals surface area contributed by atoms with E-state index in [1.54, 1.807) is 6.26 Å². The molecule has 0 unspecified atom stereocenters. The number of rotatable bonds is 1. The molecule has 2 aromatic heterocycles. The van der Waals surface area contributed by atoms with Crippen molar-refractivity contribution >= 4 is 28.4 Å². The highest BCUT2D eigenvalue weighted by atomic mass is 16.5. The summed E-state index contributed by atoms with van der Waals surface area (Å²) >= 11 is 0. The molecule has 4 nitrogen and oxygen atoms in total. The van der Waals surface area contributed by atoms with Crippen LogP contribution < -0.4 is 9.64 Å². The van der Waals surface area contributed by atoms with Gasteiger partial charge in [0.05, 0.1) is 17.3 Å². The van der Waals surface area contributed by atoms with E-state index >= 15 is 0 Å². The molecule has 0 N–H and O–H groups in total. The van der Waals surface area contributed by atoms with Crippen LogP contribution in [0.3, 0.4) is 0 Å². The number of para-hydroxylation sites is 1. The van der Waals surface area contributed by atoms with Gasteiger partial charge in [-0.15, -0.1) is 0 Å². The molecule has 0 atom stereocenters. The Bertz CT molecular complexity index is 1230. The van der Waals surface area contributed by atoms with Crippen molar-refractivity contribution in [3.8, 4) is 11.5 Å². The Balaban J connectivity index is 1.80. The zero-order valence-electron chi connectivity index (χ0n) is 17.7. The third-order valence-corrected chi connectivity index (χ3v) is 5.66. The summed E-state index contributed by atoms with van der Waals surface area (Å²) in [6.07, 6.45) is 1.66. The number of aryl methyl sites for hydroxylation is 3. The molecule has 29 heavy (non-hydrogen) atoms. The molecular formula is C25H25NO3. The highest BCUT2D eigenvalue weighted by Gasteiger charge is 2.36. The number of benzene rings is 2. The molecule has 4 heteroatoms. The predicted molar refractivity (Wildman–Crippen MR) is 116 cm³/mol. The van der Waals surface area contributed by atoms with Gasteiger partial charge in [-0.2, -0.15) is 0 Å². The molecule has 0 fully saturated rings. The van der Waals surface area contributed by atoms with Crippen molar-refractivity contribution in [2.75, 3.05) is 4.90 Å². The van der Waals surface area contributed by atoms with Gasteiger partial charge in [0.15, 0.2) is 11.5 Å². The molecule has 2 aromatic carbocycles. The molecule has 0 aliphatic carbocycles. The third kappa shape index (κ3) is 2.59. The predicted octanol–water partition coefficient (Wildman–Crippen LogP) is 7.82. The first kappa shape index (κ1) is 17.9. The van der Waals surface area contributed by atoms with Crippen molar-refractivity contribution in [3.05, 3.63) is 64.9 Å². The molecule has 1 aliphatic heterocycles. The van der Waals surface area contributed by atoms with Gasteiger partial charge in [0, 0.05) is 6.07 Å². The lowest BCUT2D eigenvalue weighted by molar-refractivity contribution is 0.443. The molecule has 0 amide bonds. The Morgan fingerprint density at radius 3 is 2.28 bits per heavy atom. The monoisotopic (exact) mass is 387 g/mol. The van der Waals surface area contributed by atoms with Crippen LogP contribution in [-0.4, -0.2) is 0 Å². The van der Waals surface area contributed by atoms with Gasteiger partial charge in [-0.05, 0) is 54.5 Å². The van der Waals surface area contributed by atoms with E-state index in [0.717, 1.165) is 28.0 Å². The van der Waals surface area contributed by atoms with Gasteiger partial charge in [-0.25, -0.2) is 4.90 Å². The molecular weight excluding hydrogens is 362 g/mol. The maximum Gasteiger partial charge on any atom is 0.251 e. The van der Waals surface area contributed by atoms with Crippen LogP contribution in [0.1, 0.15) is 43.0 Å². The maximum absolute atomic E-state index is 6.36. The number of hydrogen-bond acceptors (Lipinski definition) is 4. The molecule has 1 aliphatic rings. The summed E-state index contributed by atoms with van der Waals surface area (Å²) in [7, 11) is 0. The van der Waals surface area contributed by atoms with Crippen molar-refractivity contribution in [2.24, 2.45) is 0 Å². The van der Waals surface area contributed by atoms with E-state index in [2.05, 4.69) is 51.7 Å². The minimum absolute atomic E-state index is 0.0799. The van der Waals surface area contributed by atoms with Gasteiger partial charge >= 0.3 is 0 Å². The van der Waals surface area contributed by atoms with E-state index in [0.29, 0.717) is 17.5 Å². The Morgan fingerprint density at radius 2 is 1.59 bits per heavy atom. The summed E-state index contributed by atoms with van der Waals surface area (Å²) in [6.45, 7) is 13.0. The molecule has 0 spiro atoms.